The van der Waals surface area contributed by atoms with Crippen LogP contribution in [0.3, 0.4) is 0 Å². The first-order valence-electron chi connectivity index (χ1n) is 12.9. The van der Waals surface area contributed by atoms with Crippen LogP contribution in [0.4, 0.5) is 13.2 Å². The van der Waals surface area contributed by atoms with Crippen molar-refractivity contribution in [1.29, 1.82) is 0 Å². The van der Waals surface area contributed by atoms with Gasteiger partial charge in [0.15, 0.2) is 0 Å². The lowest BCUT2D eigenvalue weighted by Crippen LogP contribution is -2.42. The monoisotopic (exact) mass is 573 g/mol. The maximum absolute atomic E-state index is 13.9. The van der Waals surface area contributed by atoms with E-state index in [4.69, 9.17) is 17.3 Å². The van der Waals surface area contributed by atoms with Crippen molar-refractivity contribution in [3.05, 3.63) is 104 Å². The minimum Gasteiger partial charge on any atom is -0.330 e. The first-order valence-corrected chi connectivity index (χ1v) is 13.3. The van der Waals surface area contributed by atoms with Crippen LogP contribution in [0.5, 0.6) is 0 Å². The predicted molar refractivity (Wildman–Crippen MR) is 148 cm³/mol. The van der Waals surface area contributed by atoms with Gasteiger partial charge in [0.05, 0.1) is 34.4 Å². The number of nitrogens with two attached hydrogens (primary N) is 1. The van der Waals surface area contributed by atoms with E-state index < -0.39 is 29.4 Å². The summed E-state index contributed by atoms with van der Waals surface area (Å²) in [5.41, 5.74) is 6.95. The number of fused-ring (bicyclic) bond motifs is 1. The minimum absolute atomic E-state index is 0.104. The van der Waals surface area contributed by atoms with E-state index in [1.807, 2.05) is 44.2 Å². The maximum atomic E-state index is 13.9. The molecule has 2 heterocycles. The highest BCUT2D eigenvalue weighted by molar-refractivity contribution is 6.34. The van der Waals surface area contributed by atoms with E-state index in [0.29, 0.717) is 34.9 Å². The standard InChI is InChI=1S/C29H31ClF3N5O2/c1-18(2)26(36(15-7-14-34)27(39)21-10-12-22(13-11-21)29(31,32)33)24-16-23-25(30)19(3)35-38(23)28(40)37(24)17-20-8-5-4-6-9-20/h4-6,8-13,16,18,26H,7,14-15,17,34H2,1-3H3. The third-order valence-corrected chi connectivity index (χ3v) is 7.27. The third kappa shape index (κ3) is 5.93. The van der Waals surface area contributed by atoms with E-state index in [9.17, 15) is 22.8 Å². The van der Waals surface area contributed by atoms with Crippen LogP contribution in [0.1, 0.15) is 59.2 Å². The molecule has 0 fully saturated rings. The first-order chi connectivity index (χ1) is 18.9. The Balaban J connectivity index is 1.90. The van der Waals surface area contributed by atoms with Crippen LogP contribution in [-0.2, 0) is 12.7 Å². The minimum atomic E-state index is -4.52. The second-order valence-electron chi connectivity index (χ2n) is 10.0. The van der Waals surface area contributed by atoms with Crippen molar-refractivity contribution < 1.29 is 18.0 Å². The first kappa shape index (κ1) is 29.4. The smallest absolute Gasteiger partial charge is 0.330 e. The van der Waals surface area contributed by atoms with Gasteiger partial charge in [0.2, 0.25) is 0 Å². The molecule has 0 aliphatic carbocycles. The Hall–Kier alpha value is -3.63. The SMILES string of the molecule is Cc1nn2c(=O)n(Cc3ccccc3)c(C(C(C)C)N(CCCN)C(=O)c3ccc(C(F)(F)F)cc3)cc2c1Cl. The van der Waals surface area contributed by atoms with Gasteiger partial charge in [-0.1, -0.05) is 55.8 Å². The van der Waals surface area contributed by atoms with Crippen LogP contribution in [0.25, 0.3) is 5.52 Å². The zero-order chi connectivity index (χ0) is 29.2. The molecule has 40 heavy (non-hydrogen) atoms. The van der Waals surface area contributed by atoms with Crippen molar-refractivity contribution in [3.8, 4) is 0 Å². The molecule has 0 aliphatic rings. The highest BCUT2D eigenvalue weighted by Gasteiger charge is 2.34. The van der Waals surface area contributed by atoms with Crippen molar-refractivity contribution in [3.63, 3.8) is 0 Å². The summed E-state index contributed by atoms with van der Waals surface area (Å²) in [6.07, 6.45) is -4.07. The van der Waals surface area contributed by atoms with Crippen LogP contribution in [-0.4, -0.2) is 38.1 Å². The van der Waals surface area contributed by atoms with Gasteiger partial charge < -0.3 is 10.6 Å². The van der Waals surface area contributed by atoms with E-state index >= 15 is 0 Å². The molecule has 1 unspecified atom stereocenters. The summed E-state index contributed by atoms with van der Waals surface area (Å²) in [4.78, 5) is 29.3. The van der Waals surface area contributed by atoms with Gasteiger partial charge in [-0.25, -0.2) is 4.79 Å². The molecule has 7 nitrogen and oxygen atoms in total. The fourth-order valence-electron chi connectivity index (χ4n) is 4.87. The van der Waals surface area contributed by atoms with E-state index in [2.05, 4.69) is 5.10 Å². The number of aromatic nitrogens is 3. The highest BCUT2D eigenvalue weighted by Crippen LogP contribution is 2.34. The number of rotatable bonds is 9. The molecule has 4 rings (SSSR count). The summed E-state index contributed by atoms with van der Waals surface area (Å²) in [7, 11) is 0. The van der Waals surface area contributed by atoms with Crippen LogP contribution in [0.2, 0.25) is 5.02 Å². The fourth-order valence-corrected chi connectivity index (χ4v) is 5.04. The fraction of sp³-hybridized carbons (Fsp3) is 0.345. The Kier molecular flexibility index (Phi) is 8.70. The van der Waals surface area contributed by atoms with Crippen molar-refractivity contribution in [2.75, 3.05) is 13.1 Å². The van der Waals surface area contributed by atoms with Gasteiger partial charge in [-0.3, -0.25) is 9.36 Å². The molecule has 0 aliphatic heterocycles. The van der Waals surface area contributed by atoms with E-state index in [1.165, 1.54) is 16.6 Å². The summed E-state index contributed by atoms with van der Waals surface area (Å²) >= 11 is 6.54. The Morgan fingerprint density at radius 3 is 2.33 bits per heavy atom. The summed E-state index contributed by atoms with van der Waals surface area (Å²) in [5, 5.41) is 4.66. The van der Waals surface area contributed by atoms with Crippen LogP contribution in [0.15, 0.2) is 65.5 Å². The number of nitrogens with zero attached hydrogens (tertiary/aromatic N) is 4. The Morgan fingerprint density at radius 2 is 1.75 bits per heavy atom. The zero-order valence-electron chi connectivity index (χ0n) is 22.5. The second-order valence-corrected chi connectivity index (χ2v) is 10.4. The Morgan fingerprint density at radius 1 is 1.10 bits per heavy atom. The lowest BCUT2D eigenvalue weighted by Gasteiger charge is -2.36. The van der Waals surface area contributed by atoms with Gasteiger partial charge in [-0.2, -0.15) is 22.8 Å². The molecule has 1 amide bonds. The van der Waals surface area contributed by atoms with Gasteiger partial charge in [0.1, 0.15) is 0 Å². The summed E-state index contributed by atoms with van der Waals surface area (Å²) < 4.78 is 42.3. The quantitative estimate of drug-likeness (QED) is 0.278. The molecule has 0 saturated heterocycles. The molecule has 0 bridgehead atoms. The Bertz CT molecular complexity index is 1550. The van der Waals surface area contributed by atoms with Gasteiger partial charge in [-0.15, -0.1) is 0 Å². The van der Waals surface area contributed by atoms with Crippen molar-refractivity contribution >= 4 is 23.0 Å². The number of amides is 1. The number of carbonyl (C=O) groups is 1. The highest BCUT2D eigenvalue weighted by atomic mass is 35.5. The molecular formula is C29H31ClF3N5O2. The second kappa shape index (κ2) is 11.9. The van der Waals surface area contributed by atoms with Gasteiger partial charge in [0.25, 0.3) is 5.91 Å². The maximum Gasteiger partial charge on any atom is 0.416 e. The summed E-state index contributed by atoms with van der Waals surface area (Å²) in [6, 6.07) is 14.7. The van der Waals surface area contributed by atoms with Gasteiger partial charge in [-0.05, 0) is 61.7 Å². The number of halogens is 4. The lowest BCUT2D eigenvalue weighted by atomic mass is 9.96. The number of alkyl halides is 3. The Labute approximate surface area is 235 Å². The molecular weight excluding hydrogens is 543 g/mol. The summed E-state index contributed by atoms with van der Waals surface area (Å²) in [5.74, 6) is -0.655. The molecule has 2 aromatic heterocycles. The normalized spacial score (nSPS) is 12.7. The summed E-state index contributed by atoms with van der Waals surface area (Å²) in [6.45, 7) is 6.29. The molecule has 0 spiro atoms. The average molecular weight is 574 g/mol. The largest absolute Gasteiger partial charge is 0.416 e. The van der Waals surface area contributed by atoms with Crippen molar-refractivity contribution in [2.45, 2.75) is 46.0 Å². The molecule has 4 aromatic rings. The number of hydrogen-bond acceptors (Lipinski definition) is 4. The van der Waals surface area contributed by atoms with Crippen LogP contribution >= 0.6 is 11.6 Å². The number of aryl methyl sites for hydroxylation is 1. The zero-order valence-corrected chi connectivity index (χ0v) is 23.2. The average Bonchev–Trinajstić information content (AvgIpc) is 3.21. The van der Waals surface area contributed by atoms with Crippen LogP contribution in [0, 0.1) is 12.8 Å². The molecule has 212 valence electrons. The number of carbonyl (C=O) groups excluding carboxylic acids is 1. The van der Waals surface area contributed by atoms with Crippen LogP contribution < -0.4 is 11.4 Å². The van der Waals surface area contributed by atoms with E-state index in [0.717, 1.165) is 17.7 Å². The van der Waals surface area contributed by atoms with Crippen molar-refractivity contribution in [1.82, 2.24) is 19.1 Å². The van der Waals surface area contributed by atoms with Gasteiger partial charge >= 0.3 is 11.9 Å². The van der Waals surface area contributed by atoms with E-state index in [1.54, 1.807) is 22.5 Å². The molecule has 2 N–H and O–H groups in total. The molecule has 0 saturated carbocycles. The molecule has 11 heteroatoms. The van der Waals surface area contributed by atoms with Gasteiger partial charge in [0, 0.05) is 17.8 Å². The molecule has 0 radical (unpaired) electrons. The molecule has 1 atom stereocenters. The van der Waals surface area contributed by atoms with E-state index in [-0.39, 0.29) is 24.6 Å². The number of benzene rings is 2. The number of hydrogen-bond donors (Lipinski definition) is 1. The third-order valence-electron chi connectivity index (χ3n) is 6.81. The van der Waals surface area contributed by atoms with Crippen molar-refractivity contribution in [2.24, 2.45) is 11.7 Å². The topological polar surface area (TPSA) is 85.6 Å². The predicted octanol–water partition coefficient (Wildman–Crippen LogP) is 5.71. The molecule has 2 aromatic carbocycles. The lowest BCUT2D eigenvalue weighted by molar-refractivity contribution is -0.137.